The number of ether oxygens (including phenoxy) is 2. The zero-order valence-corrected chi connectivity index (χ0v) is 13.9. The first-order chi connectivity index (χ1) is 9.67. The molecule has 1 aliphatic heterocycles. The van der Waals surface area contributed by atoms with Crippen LogP contribution in [0.3, 0.4) is 0 Å². The van der Waals surface area contributed by atoms with Crippen molar-refractivity contribution in [1.29, 1.82) is 0 Å². The van der Waals surface area contributed by atoms with Crippen LogP contribution in [0.25, 0.3) is 0 Å². The molecule has 1 fully saturated rings. The number of halogens is 1. The van der Waals surface area contributed by atoms with Gasteiger partial charge in [-0.25, -0.2) is 0 Å². The van der Waals surface area contributed by atoms with Gasteiger partial charge in [0.1, 0.15) is 5.75 Å². The molecular weight excluding hydrogens is 320 g/mol. The lowest BCUT2D eigenvalue weighted by Gasteiger charge is -2.40. The number of methoxy groups -OCH3 is 1. The molecule has 1 aliphatic rings. The first-order valence-corrected chi connectivity index (χ1v) is 7.82. The quantitative estimate of drug-likeness (QED) is 0.891. The van der Waals surface area contributed by atoms with Gasteiger partial charge in [0, 0.05) is 23.1 Å². The third-order valence-electron chi connectivity index (χ3n) is 3.71. The van der Waals surface area contributed by atoms with Crippen molar-refractivity contribution in [2.75, 3.05) is 40.4 Å². The van der Waals surface area contributed by atoms with E-state index in [0.29, 0.717) is 0 Å². The summed E-state index contributed by atoms with van der Waals surface area (Å²) in [5, 5.41) is 3.39. The topological polar surface area (TPSA) is 33.7 Å². The second-order valence-electron chi connectivity index (χ2n) is 5.03. The Hall–Kier alpha value is -0.620. The molecule has 1 aromatic rings. The maximum atomic E-state index is 5.98. The molecule has 1 N–H and O–H groups in total. The van der Waals surface area contributed by atoms with Gasteiger partial charge in [-0.15, -0.1) is 0 Å². The number of nitrogens with one attached hydrogen (secondary N) is 1. The Kier molecular flexibility index (Phi) is 5.84. The zero-order valence-electron chi connectivity index (χ0n) is 12.4. The summed E-state index contributed by atoms with van der Waals surface area (Å²) in [7, 11) is 3.86. The highest BCUT2D eigenvalue weighted by atomic mass is 79.9. The van der Waals surface area contributed by atoms with Crippen molar-refractivity contribution < 1.29 is 9.47 Å². The van der Waals surface area contributed by atoms with E-state index >= 15 is 0 Å². The summed E-state index contributed by atoms with van der Waals surface area (Å²) >= 11 is 3.55. The largest absolute Gasteiger partial charge is 0.496 e. The molecule has 0 aromatic heterocycles. The van der Waals surface area contributed by atoms with E-state index in [2.05, 4.69) is 46.2 Å². The predicted octanol–water partition coefficient (Wildman–Crippen LogP) is 2.44. The molecule has 2 rings (SSSR count). The highest BCUT2D eigenvalue weighted by Crippen LogP contribution is 2.35. The minimum absolute atomic E-state index is 0.136. The van der Waals surface area contributed by atoms with E-state index in [9.17, 15) is 0 Å². The highest BCUT2D eigenvalue weighted by Gasteiger charge is 2.33. The zero-order chi connectivity index (χ0) is 14.5. The molecule has 0 amide bonds. The molecule has 1 aromatic carbocycles. The summed E-state index contributed by atoms with van der Waals surface area (Å²) in [6.07, 6.45) is 0.136. The Morgan fingerprint density at radius 1 is 1.50 bits per heavy atom. The Bertz CT molecular complexity index is 442. The van der Waals surface area contributed by atoms with Gasteiger partial charge in [-0.1, -0.05) is 22.9 Å². The SMILES string of the molecule is CCNCC1OCCN(C)C1c1cc(Br)ccc1OC. The van der Waals surface area contributed by atoms with E-state index in [0.717, 1.165) is 36.5 Å². The number of likely N-dealkylation sites (N-methyl/N-ethyl adjacent to an activating group) is 2. The van der Waals surface area contributed by atoms with E-state index in [1.165, 1.54) is 5.56 Å². The standard InChI is InChI=1S/C15H23BrN2O2/c1-4-17-10-14-15(18(2)7-8-20-14)12-9-11(16)5-6-13(12)19-3/h5-6,9,14-15,17H,4,7-8,10H2,1-3H3. The Morgan fingerprint density at radius 3 is 3.00 bits per heavy atom. The van der Waals surface area contributed by atoms with Crippen molar-refractivity contribution in [3.63, 3.8) is 0 Å². The second-order valence-corrected chi connectivity index (χ2v) is 5.94. The molecule has 0 bridgehead atoms. The molecule has 2 unspecified atom stereocenters. The van der Waals surface area contributed by atoms with Gasteiger partial charge in [0.25, 0.3) is 0 Å². The van der Waals surface area contributed by atoms with Gasteiger partial charge in [-0.2, -0.15) is 0 Å². The van der Waals surface area contributed by atoms with Gasteiger partial charge in [-0.05, 0) is 31.8 Å². The van der Waals surface area contributed by atoms with Crippen LogP contribution in [0.4, 0.5) is 0 Å². The lowest BCUT2D eigenvalue weighted by molar-refractivity contribution is -0.0617. The lowest BCUT2D eigenvalue weighted by atomic mass is 9.97. The van der Waals surface area contributed by atoms with Gasteiger partial charge < -0.3 is 14.8 Å². The molecular formula is C15H23BrN2O2. The fourth-order valence-corrected chi connectivity index (χ4v) is 3.07. The Balaban J connectivity index is 2.31. The average Bonchev–Trinajstić information content (AvgIpc) is 2.45. The monoisotopic (exact) mass is 342 g/mol. The molecule has 1 heterocycles. The van der Waals surface area contributed by atoms with Crippen LogP contribution in [0.5, 0.6) is 5.75 Å². The van der Waals surface area contributed by atoms with Crippen molar-refractivity contribution in [2.24, 2.45) is 0 Å². The van der Waals surface area contributed by atoms with Crippen molar-refractivity contribution in [2.45, 2.75) is 19.1 Å². The normalized spacial score (nSPS) is 23.8. The summed E-state index contributed by atoms with van der Waals surface area (Å²) in [4.78, 5) is 2.34. The van der Waals surface area contributed by atoms with Crippen LogP contribution < -0.4 is 10.1 Å². The van der Waals surface area contributed by atoms with E-state index in [-0.39, 0.29) is 12.1 Å². The molecule has 0 saturated carbocycles. The molecule has 20 heavy (non-hydrogen) atoms. The van der Waals surface area contributed by atoms with Crippen LogP contribution in [-0.2, 0) is 4.74 Å². The molecule has 5 heteroatoms. The van der Waals surface area contributed by atoms with Crippen LogP contribution in [-0.4, -0.2) is 51.4 Å². The third-order valence-corrected chi connectivity index (χ3v) is 4.20. The molecule has 4 nitrogen and oxygen atoms in total. The first-order valence-electron chi connectivity index (χ1n) is 7.03. The number of hydrogen-bond acceptors (Lipinski definition) is 4. The molecule has 0 radical (unpaired) electrons. The minimum atomic E-state index is 0.136. The highest BCUT2D eigenvalue weighted by molar-refractivity contribution is 9.10. The summed E-state index contributed by atoms with van der Waals surface area (Å²) in [5.74, 6) is 0.914. The lowest BCUT2D eigenvalue weighted by Crippen LogP contribution is -2.47. The van der Waals surface area contributed by atoms with Crippen molar-refractivity contribution in [3.8, 4) is 5.75 Å². The third kappa shape index (κ3) is 3.52. The number of rotatable bonds is 5. The Labute approximate surface area is 129 Å². The summed E-state index contributed by atoms with van der Waals surface area (Å²) in [5.41, 5.74) is 1.17. The van der Waals surface area contributed by atoms with Crippen molar-refractivity contribution >= 4 is 15.9 Å². The molecule has 0 spiro atoms. The van der Waals surface area contributed by atoms with E-state index in [4.69, 9.17) is 9.47 Å². The van der Waals surface area contributed by atoms with E-state index < -0.39 is 0 Å². The van der Waals surface area contributed by atoms with Gasteiger partial charge in [0.15, 0.2) is 0 Å². The fraction of sp³-hybridized carbons (Fsp3) is 0.600. The summed E-state index contributed by atoms with van der Waals surface area (Å²) in [6, 6.07) is 6.35. The predicted molar refractivity (Wildman–Crippen MR) is 84.3 cm³/mol. The molecule has 1 saturated heterocycles. The van der Waals surface area contributed by atoms with Gasteiger partial charge in [0.05, 0.1) is 25.9 Å². The summed E-state index contributed by atoms with van der Waals surface area (Å²) in [6.45, 7) is 5.62. The van der Waals surface area contributed by atoms with Crippen molar-refractivity contribution in [1.82, 2.24) is 10.2 Å². The van der Waals surface area contributed by atoms with Crippen LogP contribution in [0.2, 0.25) is 0 Å². The van der Waals surface area contributed by atoms with Gasteiger partial charge in [-0.3, -0.25) is 4.90 Å². The maximum Gasteiger partial charge on any atom is 0.123 e. The molecule has 0 aliphatic carbocycles. The van der Waals surface area contributed by atoms with Gasteiger partial charge in [0.2, 0.25) is 0 Å². The first kappa shape index (κ1) is 15.8. The number of morpholine rings is 1. The maximum absolute atomic E-state index is 5.98. The number of benzene rings is 1. The average molecular weight is 343 g/mol. The van der Waals surface area contributed by atoms with E-state index in [1.54, 1.807) is 7.11 Å². The smallest absolute Gasteiger partial charge is 0.123 e. The van der Waals surface area contributed by atoms with Gasteiger partial charge >= 0.3 is 0 Å². The second kappa shape index (κ2) is 7.41. The fourth-order valence-electron chi connectivity index (χ4n) is 2.69. The Morgan fingerprint density at radius 2 is 2.30 bits per heavy atom. The van der Waals surface area contributed by atoms with Crippen LogP contribution in [0.1, 0.15) is 18.5 Å². The summed E-state index contributed by atoms with van der Waals surface area (Å²) < 4.78 is 12.6. The van der Waals surface area contributed by atoms with E-state index in [1.807, 2.05) is 12.1 Å². The minimum Gasteiger partial charge on any atom is -0.496 e. The molecule has 2 atom stereocenters. The number of nitrogens with zero attached hydrogens (tertiary/aromatic N) is 1. The number of hydrogen-bond donors (Lipinski definition) is 1. The van der Waals surface area contributed by atoms with Crippen LogP contribution >= 0.6 is 15.9 Å². The van der Waals surface area contributed by atoms with Crippen LogP contribution in [0.15, 0.2) is 22.7 Å². The van der Waals surface area contributed by atoms with Crippen LogP contribution in [0, 0.1) is 0 Å². The molecule has 112 valence electrons. The van der Waals surface area contributed by atoms with Crippen molar-refractivity contribution in [3.05, 3.63) is 28.2 Å².